The fourth-order valence-corrected chi connectivity index (χ4v) is 6.10. The quantitative estimate of drug-likeness (QED) is 0.284. The summed E-state index contributed by atoms with van der Waals surface area (Å²) in [7, 11) is 0. The van der Waals surface area contributed by atoms with Gasteiger partial charge in [0.15, 0.2) is 0 Å². The minimum absolute atomic E-state index is 1.18. The molecule has 1 N–H and O–H groups in total. The first kappa shape index (κ1) is 17.8. The van der Waals surface area contributed by atoms with Gasteiger partial charge in [-0.05, 0) is 40.5 Å². The van der Waals surface area contributed by atoms with E-state index in [0.29, 0.717) is 0 Å². The molecule has 1 nitrogen and oxygen atoms in total. The van der Waals surface area contributed by atoms with Crippen molar-refractivity contribution in [2.75, 3.05) is 0 Å². The zero-order valence-electron chi connectivity index (χ0n) is 17.3. The lowest BCUT2D eigenvalue weighted by Crippen LogP contribution is -1.79. The number of hydrogen-bond donors (Lipinski definition) is 1. The highest BCUT2D eigenvalue weighted by molar-refractivity contribution is 7.26. The fraction of sp³-hybridized carbons (Fsp3) is 0. The zero-order valence-corrected chi connectivity index (χ0v) is 18.1. The molecule has 0 atom stereocenters. The normalized spacial score (nSPS) is 11.8. The minimum Gasteiger partial charge on any atom is -0.354 e. The second-order valence-corrected chi connectivity index (χ2v) is 9.34. The molecule has 2 heteroatoms. The number of aromatic nitrogens is 1. The van der Waals surface area contributed by atoms with Crippen LogP contribution in [0.4, 0.5) is 0 Å². The van der Waals surface area contributed by atoms with Crippen LogP contribution in [0.15, 0.2) is 109 Å². The van der Waals surface area contributed by atoms with Crippen LogP contribution in [-0.2, 0) is 0 Å². The molecule has 150 valence electrons. The number of nitrogens with one attached hydrogen (secondary N) is 1. The van der Waals surface area contributed by atoms with E-state index >= 15 is 0 Å². The van der Waals surface area contributed by atoms with E-state index in [-0.39, 0.29) is 0 Å². The molecule has 0 saturated carbocycles. The molecule has 2 heterocycles. The van der Waals surface area contributed by atoms with Crippen molar-refractivity contribution < 1.29 is 0 Å². The van der Waals surface area contributed by atoms with Gasteiger partial charge >= 0.3 is 0 Å². The lowest BCUT2D eigenvalue weighted by Gasteiger charge is -2.04. The van der Waals surface area contributed by atoms with E-state index in [4.69, 9.17) is 0 Å². The van der Waals surface area contributed by atoms with Gasteiger partial charge in [-0.25, -0.2) is 0 Å². The summed E-state index contributed by atoms with van der Waals surface area (Å²) in [5.41, 5.74) is 7.39. The summed E-state index contributed by atoms with van der Waals surface area (Å²) in [6.45, 7) is 0. The van der Waals surface area contributed by atoms with Crippen LogP contribution in [0.5, 0.6) is 0 Å². The minimum atomic E-state index is 1.18. The van der Waals surface area contributed by atoms with Gasteiger partial charge in [0.05, 0.1) is 0 Å². The van der Waals surface area contributed by atoms with E-state index in [1.165, 1.54) is 64.2 Å². The van der Waals surface area contributed by atoms with Gasteiger partial charge in [-0.2, -0.15) is 0 Å². The number of hydrogen-bond acceptors (Lipinski definition) is 1. The predicted molar refractivity (Wildman–Crippen MR) is 140 cm³/mol. The molecule has 0 aliphatic carbocycles. The summed E-state index contributed by atoms with van der Waals surface area (Å²) in [6, 6.07) is 39.5. The maximum absolute atomic E-state index is 3.68. The van der Waals surface area contributed by atoms with E-state index in [2.05, 4.69) is 114 Å². The van der Waals surface area contributed by atoms with Crippen molar-refractivity contribution in [1.29, 1.82) is 0 Å². The molecular formula is C30H19NS. The third kappa shape index (κ3) is 2.63. The van der Waals surface area contributed by atoms with Crippen LogP contribution in [-0.4, -0.2) is 4.98 Å². The molecule has 0 aliphatic rings. The van der Waals surface area contributed by atoms with Gasteiger partial charge in [0.25, 0.3) is 0 Å². The van der Waals surface area contributed by atoms with Gasteiger partial charge < -0.3 is 4.98 Å². The highest BCUT2D eigenvalue weighted by Gasteiger charge is 2.12. The molecule has 2 aromatic heterocycles. The molecule has 7 aromatic rings. The molecule has 0 aliphatic heterocycles. The molecule has 0 saturated heterocycles. The number of fused-ring (bicyclic) bond motifs is 6. The van der Waals surface area contributed by atoms with Gasteiger partial charge in [0.2, 0.25) is 0 Å². The predicted octanol–water partition coefficient (Wildman–Crippen LogP) is 9.02. The Labute approximate surface area is 189 Å². The highest BCUT2D eigenvalue weighted by Crippen LogP contribution is 2.40. The number of H-pyrrole nitrogens is 1. The van der Waals surface area contributed by atoms with Crippen molar-refractivity contribution in [3.05, 3.63) is 109 Å². The van der Waals surface area contributed by atoms with Gasteiger partial charge in [-0.15, -0.1) is 11.3 Å². The molecule has 32 heavy (non-hydrogen) atoms. The van der Waals surface area contributed by atoms with Crippen LogP contribution >= 0.6 is 11.3 Å². The first-order valence-corrected chi connectivity index (χ1v) is 11.7. The lowest BCUT2D eigenvalue weighted by molar-refractivity contribution is 1.54. The van der Waals surface area contributed by atoms with Crippen LogP contribution in [0.1, 0.15) is 0 Å². The van der Waals surface area contributed by atoms with Crippen molar-refractivity contribution >= 4 is 53.3 Å². The summed E-state index contributed by atoms with van der Waals surface area (Å²) in [5, 5.41) is 5.22. The Morgan fingerprint density at radius 3 is 2.00 bits per heavy atom. The molecule has 0 amide bonds. The average molecular weight is 426 g/mol. The Bertz CT molecular complexity index is 1770. The van der Waals surface area contributed by atoms with Gasteiger partial charge in [-0.1, -0.05) is 91.0 Å². The van der Waals surface area contributed by atoms with Crippen LogP contribution in [0.25, 0.3) is 64.2 Å². The zero-order chi connectivity index (χ0) is 21.1. The average Bonchev–Trinajstić information content (AvgIpc) is 3.41. The Balaban J connectivity index is 1.42. The molecule has 0 radical (unpaired) electrons. The molecule has 0 fully saturated rings. The van der Waals surface area contributed by atoms with Crippen molar-refractivity contribution in [2.45, 2.75) is 0 Å². The Morgan fingerprint density at radius 1 is 0.469 bits per heavy atom. The second kappa shape index (κ2) is 6.81. The summed E-state index contributed by atoms with van der Waals surface area (Å²) in [5.74, 6) is 0. The Hall–Kier alpha value is -3.88. The molecule has 5 aromatic carbocycles. The van der Waals surface area contributed by atoms with Crippen LogP contribution in [0.2, 0.25) is 0 Å². The number of thiophene rings is 1. The molecular weight excluding hydrogens is 406 g/mol. The topological polar surface area (TPSA) is 15.8 Å². The smallest absolute Gasteiger partial charge is 0.0471 e. The Kier molecular flexibility index (Phi) is 3.78. The maximum Gasteiger partial charge on any atom is 0.0471 e. The first-order chi connectivity index (χ1) is 15.8. The monoisotopic (exact) mass is 425 g/mol. The first-order valence-electron chi connectivity index (χ1n) is 10.9. The number of aromatic amines is 1. The number of benzene rings is 5. The summed E-state index contributed by atoms with van der Waals surface area (Å²) in [6.07, 6.45) is 0. The van der Waals surface area contributed by atoms with Crippen molar-refractivity contribution in [3.8, 4) is 22.3 Å². The van der Waals surface area contributed by atoms with E-state index in [1.807, 2.05) is 11.3 Å². The lowest BCUT2D eigenvalue weighted by atomic mass is 10.0. The maximum atomic E-state index is 3.68. The van der Waals surface area contributed by atoms with Crippen LogP contribution < -0.4 is 0 Å². The molecule has 0 unspecified atom stereocenters. The standard InChI is InChI=1S/C30H19NS/c1-2-7-19(8-3-1)20-13-15-23-24-16-14-21(18-28(24)31-27(23)17-20)22-10-6-11-26-25-9-4-5-12-29(25)32-30(22)26/h1-18,31H. The van der Waals surface area contributed by atoms with Crippen LogP contribution in [0.3, 0.4) is 0 Å². The second-order valence-electron chi connectivity index (χ2n) is 8.29. The van der Waals surface area contributed by atoms with Crippen molar-refractivity contribution in [1.82, 2.24) is 4.98 Å². The number of rotatable bonds is 2. The summed E-state index contributed by atoms with van der Waals surface area (Å²) >= 11 is 1.88. The third-order valence-electron chi connectivity index (χ3n) is 6.42. The van der Waals surface area contributed by atoms with Gasteiger partial charge in [0, 0.05) is 42.0 Å². The van der Waals surface area contributed by atoms with Crippen LogP contribution in [0, 0.1) is 0 Å². The largest absolute Gasteiger partial charge is 0.354 e. The van der Waals surface area contributed by atoms with Crippen molar-refractivity contribution in [2.24, 2.45) is 0 Å². The SMILES string of the molecule is c1ccc(-c2ccc3c(c2)[nH]c2cc(-c4cccc5c4sc4ccccc45)ccc23)cc1. The summed E-state index contributed by atoms with van der Waals surface area (Å²) < 4.78 is 2.70. The molecule has 0 spiro atoms. The van der Waals surface area contributed by atoms with Gasteiger partial charge in [-0.3, -0.25) is 0 Å². The van der Waals surface area contributed by atoms with E-state index < -0.39 is 0 Å². The highest BCUT2D eigenvalue weighted by atomic mass is 32.1. The third-order valence-corrected chi connectivity index (χ3v) is 7.64. The molecule has 0 bridgehead atoms. The fourth-order valence-electron chi connectivity index (χ4n) is 4.86. The molecule has 7 rings (SSSR count). The summed E-state index contributed by atoms with van der Waals surface area (Å²) in [4.78, 5) is 3.68. The van der Waals surface area contributed by atoms with Crippen molar-refractivity contribution in [3.63, 3.8) is 0 Å². The Morgan fingerprint density at radius 2 is 1.16 bits per heavy atom. The van der Waals surface area contributed by atoms with E-state index in [1.54, 1.807) is 0 Å². The van der Waals surface area contributed by atoms with E-state index in [9.17, 15) is 0 Å². The van der Waals surface area contributed by atoms with Gasteiger partial charge in [0.1, 0.15) is 0 Å². The van der Waals surface area contributed by atoms with E-state index in [0.717, 1.165) is 0 Å².